The summed E-state index contributed by atoms with van der Waals surface area (Å²) in [6.07, 6.45) is 5.30. The van der Waals surface area contributed by atoms with Gasteiger partial charge in [0.15, 0.2) is 0 Å². The zero-order chi connectivity index (χ0) is 10.3. The second kappa shape index (κ2) is 3.15. The molecule has 0 aromatic carbocycles. The molecule has 3 heteroatoms. The molecule has 14 heavy (non-hydrogen) atoms. The van der Waals surface area contributed by atoms with Gasteiger partial charge >= 0.3 is 5.69 Å². The Kier molecular flexibility index (Phi) is 2.10. The van der Waals surface area contributed by atoms with Crippen LogP contribution in [0, 0.1) is 5.92 Å². The molecule has 0 aliphatic heterocycles. The van der Waals surface area contributed by atoms with E-state index in [9.17, 15) is 4.79 Å². The molecule has 2 rings (SSSR count). The van der Waals surface area contributed by atoms with Gasteiger partial charge in [-0.2, -0.15) is 0 Å². The van der Waals surface area contributed by atoms with E-state index in [0.717, 1.165) is 17.1 Å². The summed E-state index contributed by atoms with van der Waals surface area (Å²) in [4.78, 5) is 14.5. The van der Waals surface area contributed by atoms with Crippen LogP contribution in [-0.2, 0) is 0 Å². The van der Waals surface area contributed by atoms with Gasteiger partial charge in [-0.25, -0.2) is 4.79 Å². The third kappa shape index (κ3) is 1.33. The summed E-state index contributed by atoms with van der Waals surface area (Å²) in [6.45, 7) is 6.23. The highest BCUT2D eigenvalue weighted by molar-refractivity contribution is 5.36. The van der Waals surface area contributed by atoms with Crippen LogP contribution in [0.1, 0.15) is 33.2 Å². The van der Waals surface area contributed by atoms with Crippen molar-refractivity contribution in [1.82, 2.24) is 9.55 Å². The average Bonchev–Trinajstić information content (AvgIpc) is 2.40. The Bertz CT molecular complexity index is 504. The molecule has 1 atom stereocenters. The largest absolute Gasteiger partial charge is 0.326 e. The average molecular weight is 192 g/mol. The maximum Gasteiger partial charge on any atom is 0.326 e. The Morgan fingerprint density at radius 2 is 2.29 bits per heavy atom. The minimum Gasteiger partial charge on any atom is -0.306 e. The molecule has 1 aromatic rings. The molecule has 0 saturated carbocycles. The highest BCUT2D eigenvalue weighted by atomic mass is 16.1. The van der Waals surface area contributed by atoms with Gasteiger partial charge in [0.2, 0.25) is 0 Å². The molecular formula is C11H16N2O. The lowest BCUT2D eigenvalue weighted by molar-refractivity contribution is 0.563. The smallest absolute Gasteiger partial charge is 0.306 e. The van der Waals surface area contributed by atoms with E-state index in [1.807, 2.05) is 18.4 Å². The topological polar surface area (TPSA) is 37.8 Å². The van der Waals surface area contributed by atoms with E-state index in [1.165, 1.54) is 0 Å². The maximum atomic E-state index is 11.6. The van der Waals surface area contributed by atoms with Crippen molar-refractivity contribution in [1.29, 1.82) is 0 Å². The zero-order valence-corrected chi connectivity index (χ0v) is 8.87. The number of hydrogen-bond donors (Lipinski definition) is 1. The lowest BCUT2D eigenvalue weighted by Crippen LogP contribution is -2.35. The number of aromatic nitrogens is 2. The molecule has 0 bridgehead atoms. The fourth-order valence-electron chi connectivity index (χ4n) is 1.96. The van der Waals surface area contributed by atoms with Gasteiger partial charge in [0, 0.05) is 6.04 Å². The third-order valence-electron chi connectivity index (χ3n) is 2.65. The van der Waals surface area contributed by atoms with E-state index in [2.05, 4.69) is 24.1 Å². The molecule has 76 valence electrons. The van der Waals surface area contributed by atoms with Crippen molar-refractivity contribution in [2.24, 2.45) is 5.92 Å². The van der Waals surface area contributed by atoms with Gasteiger partial charge in [0.25, 0.3) is 0 Å². The van der Waals surface area contributed by atoms with E-state index in [-0.39, 0.29) is 11.7 Å². The van der Waals surface area contributed by atoms with Crippen LogP contribution in [0.3, 0.4) is 0 Å². The van der Waals surface area contributed by atoms with Crippen LogP contribution >= 0.6 is 0 Å². The van der Waals surface area contributed by atoms with Gasteiger partial charge in [0.05, 0.1) is 10.7 Å². The SMILES string of the molecule is CC1C=c2c([nH]c(=O)n2C(C)C)=CC1. The molecule has 1 aliphatic carbocycles. The molecule has 1 unspecified atom stereocenters. The summed E-state index contributed by atoms with van der Waals surface area (Å²) in [7, 11) is 0. The molecule has 1 heterocycles. The molecule has 1 aliphatic rings. The number of aromatic amines is 1. The van der Waals surface area contributed by atoms with Crippen LogP contribution in [0.25, 0.3) is 12.2 Å². The molecule has 1 aromatic heterocycles. The summed E-state index contributed by atoms with van der Waals surface area (Å²) >= 11 is 0. The second-order valence-electron chi connectivity index (χ2n) is 4.28. The van der Waals surface area contributed by atoms with Crippen LogP contribution in [0.2, 0.25) is 0 Å². The zero-order valence-electron chi connectivity index (χ0n) is 8.87. The van der Waals surface area contributed by atoms with E-state index in [1.54, 1.807) is 0 Å². The Morgan fingerprint density at radius 3 is 2.93 bits per heavy atom. The summed E-state index contributed by atoms with van der Waals surface area (Å²) in [5.74, 6) is 0.530. The summed E-state index contributed by atoms with van der Waals surface area (Å²) in [5, 5.41) is 2.05. The highest BCUT2D eigenvalue weighted by Crippen LogP contribution is 2.06. The summed E-state index contributed by atoms with van der Waals surface area (Å²) < 4.78 is 1.82. The number of fused-ring (bicyclic) bond motifs is 1. The van der Waals surface area contributed by atoms with Gasteiger partial charge in [0.1, 0.15) is 0 Å². The second-order valence-corrected chi connectivity index (χ2v) is 4.28. The molecule has 0 amide bonds. The molecule has 0 radical (unpaired) electrons. The number of nitrogens with one attached hydrogen (secondary N) is 1. The van der Waals surface area contributed by atoms with Gasteiger partial charge in [-0.15, -0.1) is 0 Å². The van der Waals surface area contributed by atoms with E-state index >= 15 is 0 Å². The predicted molar refractivity (Wildman–Crippen MR) is 57.4 cm³/mol. The third-order valence-corrected chi connectivity index (χ3v) is 2.65. The quantitative estimate of drug-likeness (QED) is 0.685. The molecule has 1 N–H and O–H groups in total. The number of imidazole rings is 1. The molecule has 0 fully saturated rings. The highest BCUT2D eigenvalue weighted by Gasteiger charge is 2.10. The molecular weight excluding hydrogens is 176 g/mol. The fourth-order valence-corrected chi connectivity index (χ4v) is 1.96. The van der Waals surface area contributed by atoms with Crippen molar-refractivity contribution in [3.63, 3.8) is 0 Å². The Hall–Kier alpha value is -1.25. The Balaban J connectivity index is 2.81. The van der Waals surface area contributed by atoms with Crippen molar-refractivity contribution >= 4 is 12.2 Å². The first-order valence-corrected chi connectivity index (χ1v) is 5.12. The predicted octanol–water partition coefficient (Wildman–Crippen LogP) is 0.358. The summed E-state index contributed by atoms with van der Waals surface area (Å²) in [6, 6.07) is 0.220. The fraction of sp³-hybridized carbons (Fsp3) is 0.545. The standard InChI is InChI=1S/C11H16N2O/c1-7(2)13-10-6-8(3)4-5-9(10)12-11(13)14/h5-8H,4H2,1-3H3,(H,12,14). The lowest BCUT2D eigenvalue weighted by atomic mass is 10.0. The van der Waals surface area contributed by atoms with Gasteiger partial charge < -0.3 is 4.98 Å². The van der Waals surface area contributed by atoms with Crippen LogP contribution in [0.5, 0.6) is 0 Å². The van der Waals surface area contributed by atoms with Crippen molar-refractivity contribution in [3.8, 4) is 0 Å². The monoisotopic (exact) mass is 192 g/mol. The van der Waals surface area contributed by atoms with Gasteiger partial charge in [-0.3, -0.25) is 4.57 Å². The Morgan fingerprint density at radius 1 is 1.57 bits per heavy atom. The minimum atomic E-state index is 0.00611. The normalized spacial score (nSPS) is 20.1. The first kappa shape index (κ1) is 9.31. The van der Waals surface area contributed by atoms with Crippen LogP contribution < -0.4 is 16.4 Å². The molecule has 3 nitrogen and oxygen atoms in total. The number of rotatable bonds is 1. The summed E-state index contributed by atoms with van der Waals surface area (Å²) in [5.41, 5.74) is 0.00611. The van der Waals surface area contributed by atoms with Gasteiger partial charge in [-0.1, -0.05) is 19.1 Å². The van der Waals surface area contributed by atoms with Crippen molar-refractivity contribution in [2.45, 2.75) is 33.2 Å². The van der Waals surface area contributed by atoms with Crippen LogP contribution in [-0.4, -0.2) is 9.55 Å². The minimum absolute atomic E-state index is 0.00611. The van der Waals surface area contributed by atoms with E-state index < -0.39 is 0 Å². The first-order valence-electron chi connectivity index (χ1n) is 5.12. The first-order chi connectivity index (χ1) is 6.59. The van der Waals surface area contributed by atoms with Crippen molar-refractivity contribution < 1.29 is 0 Å². The maximum absolute atomic E-state index is 11.6. The van der Waals surface area contributed by atoms with E-state index in [4.69, 9.17) is 0 Å². The number of H-pyrrole nitrogens is 1. The van der Waals surface area contributed by atoms with Crippen LogP contribution in [0.4, 0.5) is 0 Å². The van der Waals surface area contributed by atoms with Crippen LogP contribution in [0.15, 0.2) is 4.79 Å². The number of nitrogens with zero attached hydrogens (tertiary/aromatic N) is 1. The lowest BCUT2D eigenvalue weighted by Gasteiger charge is -2.09. The van der Waals surface area contributed by atoms with Crippen molar-refractivity contribution in [3.05, 3.63) is 21.2 Å². The van der Waals surface area contributed by atoms with Crippen molar-refractivity contribution in [2.75, 3.05) is 0 Å². The molecule has 0 saturated heterocycles. The van der Waals surface area contributed by atoms with Gasteiger partial charge in [-0.05, 0) is 26.2 Å². The molecule has 0 spiro atoms. The number of hydrogen-bond acceptors (Lipinski definition) is 1. The Labute approximate surface area is 82.8 Å². The van der Waals surface area contributed by atoms with E-state index in [0.29, 0.717) is 5.92 Å².